The van der Waals surface area contributed by atoms with Crippen molar-refractivity contribution in [1.29, 1.82) is 0 Å². The van der Waals surface area contributed by atoms with Gasteiger partial charge in [0, 0.05) is 24.0 Å². The molecule has 4 rings (SSSR count). The number of likely N-dealkylation sites (tertiary alicyclic amines) is 1. The van der Waals surface area contributed by atoms with E-state index in [9.17, 15) is 9.18 Å². The van der Waals surface area contributed by atoms with Crippen LogP contribution in [0.2, 0.25) is 5.02 Å². The zero-order valence-electron chi connectivity index (χ0n) is 14.2. The first-order valence-corrected chi connectivity index (χ1v) is 9.14. The number of nitrogens with one attached hydrogen (secondary N) is 1. The van der Waals surface area contributed by atoms with Gasteiger partial charge in [0.25, 0.3) is 0 Å². The Balaban J connectivity index is 1.38. The van der Waals surface area contributed by atoms with Crippen molar-refractivity contribution < 1.29 is 9.18 Å². The summed E-state index contributed by atoms with van der Waals surface area (Å²) in [6.07, 6.45) is 2.11. The Morgan fingerprint density at radius 2 is 1.92 bits per heavy atom. The van der Waals surface area contributed by atoms with Crippen LogP contribution in [0.5, 0.6) is 0 Å². The highest BCUT2D eigenvalue weighted by Crippen LogP contribution is 2.28. The number of benzene rings is 2. The molecule has 1 N–H and O–H groups in total. The number of H-pyrrole nitrogens is 1. The van der Waals surface area contributed by atoms with E-state index in [1.165, 1.54) is 12.1 Å². The number of fused-ring (bicyclic) bond motifs is 1. The summed E-state index contributed by atoms with van der Waals surface area (Å²) in [5, 5.41) is 0.674. The van der Waals surface area contributed by atoms with Gasteiger partial charge in [-0.2, -0.15) is 0 Å². The summed E-state index contributed by atoms with van der Waals surface area (Å²) in [6.45, 7) is 1.42. The summed E-state index contributed by atoms with van der Waals surface area (Å²) in [4.78, 5) is 22.2. The van der Waals surface area contributed by atoms with Crippen LogP contribution in [0.4, 0.5) is 4.39 Å². The van der Waals surface area contributed by atoms with Crippen LogP contribution in [0, 0.1) is 5.82 Å². The monoisotopic (exact) mass is 371 g/mol. The maximum absolute atomic E-state index is 13.3. The standard InChI is InChI=1S/C20H19ClFN3O/c21-15-3-1-13(2-4-15)11-19(26)25-9-7-14(8-10-25)20-23-17-6-5-16(22)12-18(17)24-20/h1-6,12,14H,7-11H2,(H,23,24). The fourth-order valence-corrected chi connectivity index (χ4v) is 3.61. The van der Waals surface area contributed by atoms with Gasteiger partial charge in [-0.25, -0.2) is 9.37 Å². The summed E-state index contributed by atoms with van der Waals surface area (Å²) in [6, 6.07) is 12.0. The third-order valence-electron chi connectivity index (χ3n) is 4.97. The summed E-state index contributed by atoms with van der Waals surface area (Å²) in [7, 11) is 0. The highest BCUT2D eigenvalue weighted by atomic mass is 35.5. The molecule has 1 aliphatic heterocycles. The number of carbonyl (C=O) groups excluding carboxylic acids is 1. The maximum atomic E-state index is 13.3. The van der Waals surface area contributed by atoms with Crippen LogP contribution in [0.25, 0.3) is 11.0 Å². The number of hydrogen-bond acceptors (Lipinski definition) is 2. The number of aromatic amines is 1. The van der Waals surface area contributed by atoms with E-state index in [0.717, 1.165) is 35.3 Å². The number of hydrogen-bond donors (Lipinski definition) is 1. The summed E-state index contributed by atoms with van der Waals surface area (Å²) >= 11 is 5.88. The van der Waals surface area contributed by atoms with Gasteiger partial charge >= 0.3 is 0 Å². The van der Waals surface area contributed by atoms with Crippen molar-refractivity contribution in [1.82, 2.24) is 14.9 Å². The zero-order chi connectivity index (χ0) is 18.1. The summed E-state index contributed by atoms with van der Waals surface area (Å²) in [5.41, 5.74) is 2.48. The number of piperidine rings is 1. The van der Waals surface area contributed by atoms with Crippen molar-refractivity contribution in [3.8, 4) is 0 Å². The fourth-order valence-electron chi connectivity index (χ4n) is 3.49. The molecule has 4 nitrogen and oxygen atoms in total. The van der Waals surface area contributed by atoms with E-state index in [1.54, 1.807) is 18.2 Å². The number of imidazole rings is 1. The highest BCUT2D eigenvalue weighted by molar-refractivity contribution is 6.30. The number of halogens is 2. The van der Waals surface area contributed by atoms with Gasteiger partial charge in [0.05, 0.1) is 17.5 Å². The second-order valence-electron chi connectivity index (χ2n) is 6.74. The zero-order valence-corrected chi connectivity index (χ0v) is 15.0. The van der Waals surface area contributed by atoms with Gasteiger partial charge < -0.3 is 9.88 Å². The molecule has 2 heterocycles. The minimum absolute atomic E-state index is 0.137. The van der Waals surface area contributed by atoms with E-state index in [-0.39, 0.29) is 17.6 Å². The van der Waals surface area contributed by atoms with Crippen LogP contribution < -0.4 is 0 Å². The van der Waals surface area contributed by atoms with E-state index in [2.05, 4.69) is 9.97 Å². The van der Waals surface area contributed by atoms with Gasteiger partial charge in [-0.3, -0.25) is 4.79 Å². The predicted molar refractivity (Wildman–Crippen MR) is 99.8 cm³/mol. The molecule has 6 heteroatoms. The molecule has 1 saturated heterocycles. The topological polar surface area (TPSA) is 49.0 Å². The number of rotatable bonds is 3. The Morgan fingerprint density at radius 1 is 1.19 bits per heavy atom. The number of aromatic nitrogens is 2. The van der Waals surface area contributed by atoms with E-state index < -0.39 is 0 Å². The molecule has 0 aliphatic carbocycles. The van der Waals surface area contributed by atoms with Crippen LogP contribution in [0.3, 0.4) is 0 Å². The number of carbonyl (C=O) groups is 1. The van der Waals surface area contributed by atoms with Crippen molar-refractivity contribution in [2.45, 2.75) is 25.2 Å². The minimum atomic E-state index is -0.268. The van der Waals surface area contributed by atoms with Gasteiger partial charge in [-0.05, 0) is 48.7 Å². The molecule has 0 radical (unpaired) electrons. The third kappa shape index (κ3) is 3.58. The Labute approximate surface area is 156 Å². The molecule has 0 bridgehead atoms. The lowest BCUT2D eigenvalue weighted by atomic mass is 9.95. The smallest absolute Gasteiger partial charge is 0.226 e. The van der Waals surface area contributed by atoms with Crippen LogP contribution in [0.1, 0.15) is 30.1 Å². The lowest BCUT2D eigenvalue weighted by Gasteiger charge is -2.31. The van der Waals surface area contributed by atoms with Crippen molar-refractivity contribution in [3.05, 3.63) is 64.7 Å². The van der Waals surface area contributed by atoms with Crippen LogP contribution in [0.15, 0.2) is 42.5 Å². The SMILES string of the molecule is O=C(Cc1ccc(Cl)cc1)N1CCC(c2nc3ccc(F)cc3[nH]2)CC1. The van der Waals surface area contributed by atoms with Crippen molar-refractivity contribution in [3.63, 3.8) is 0 Å². The fraction of sp³-hybridized carbons (Fsp3) is 0.300. The molecule has 2 aromatic carbocycles. The van der Waals surface area contributed by atoms with Crippen molar-refractivity contribution in [2.75, 3.05) is 13.1 Å². The predicted octanol–water partition coefficient (Wildman–Crippen LogP) is 4.30. The molecular formula is C20H19ClFN3O. The molecule has 134 valence electrons. The average molecular weight is 372 g/mol. The highest BCUT2D eigenvalue weighted by Gasteiger charge is 2.25. The Hall–Kier alpha value is -2.40. The lowest BCUT2D eigenvalue weighted by Crippen LogP contribution is -2.39. The molecule has 0 atom stereocenters. The molecule has 1 aromatic heterocycles. The first-order valence-electron chi connectivity index (χ1n) is 8.76. The minimum Gasteiger partial charge on any atom is -0.342 e. The van der Waals surface area contributed by atoms with Gasteiger partial charge in [0.1, 0.15) is 11.6 Å². The molecular weight excluding hydrogens is 353 g/mol. The van der Waals surface area contributed by atoms with Crippen LogP contribution in [-0.4, -0.2) is 33.9 Å². The Morgan fingerprint density at radius 3 is 2.65 bits per heavy atom. The van der Waals surface area contributed by atoms with Crippen LogP contribution in [-0.2, 0) is 11.2 Å². The molecule has 1 aliphatic rings. The van der Waals surface area contributed by atoms with Gasteiger partial charge in [-0.1, -0.05) is 23.7 Å². The first-order chi connectivity index (χ1) is 12.6. The second-order valence-corrected chi connectivity index (χ2v) is 7.18. The summed E-state index contributed by atoms with van der Waals surface area (Å²) in [5.74, 6) is 1.02. The van der Waals surface area contributed by atoms with E-state index in [1.807, 2.05) is 17.0 Å². The van der Waals surface area contributed by atoms with Crippen molar-refractivity contribution >= 4 is 28.5 Å². The maximum Gasteiger partial charge on any atom is 0.226 e. The normalized spacial score (nSPS) is 15.5. The van der Waals surface area contributed by atoms with Crippen LogP contribution >= 0.6 is 11.6 Å². The number of amides is 1. The molecule has 1 fully saturated rings. The first kappa shape index (κ1) is 17.0. The Kier molecular flexibility index (Phi) is 4.64. The molecule has 3 aromatic rings. The number of nitrogens with zero attached hydrogens (tertiary/aromatic N) is 2. The van der Waals surface area contributed by atoms with Crippen molar-refractivity contribution in [2.24, 2.45) is 0 Å². The lowest BCUT2D eigenvalue weighted by molar-refractivity contribution is -0.131. The quantitative estimate of drug-likeness (QED) is 0.746. The molecule has 0 spiro atoms. The van der Waals surface area contributed by atoms with Gasteiger partial charge in [0.15, 0.2) is 0 Å². The largest absolute Gasteiger partial charge is 0.342 e. The van der Waals surface area contributed by atoms with E-state index in [0.29, 0.717) is 24.5 Å². The van der Waals surface area contributed by atoms with Gasteiger partial charge in [-0.15, -0.1) is 0 Å². The molecule has 26 heavy (non-hydrogen) atoms. The molecule has 1 amide bonds. The van der Waals surface area contributed by atoms with E-state index in [4.69, 9.17) is 11.6 Å². The molecule has 0 saturated carbocycles. The third-order valence-corrected chi connectivity index (χ3v) is 5.22. The molecule has 0 unspecified atom stereocenters. The average Bonchev–Trinajstić information content (AvgIpc) is 3.07. The van der Waals surface area contributed by atoms with E-state index >= 15 is 0 Å². The summed E-state index contributed by atoms with van der Waals surface area (Å²) < 4.78 is 13.3. The second kappa shape index (κ2) is 7.08. The Bertz CT molecular complexity index is 930. The van der Waals surface area contributed by atoms with Gasteiger partial charge in [0.2, 0.25) is 5.91 Å².